The Labute approximate surface area is 147 Å². The van der Waals surface area contributed by atoms with E-state index in [1.54, 1.807) is 6.07 Å². The molecule has 1 aliphatic carbocycles. The Balaban J connectivity index is 1.30. The van der Waals surface area contributed by atoms with Crippen molar-refractivity contribution in [2.24, 2.45) is 0 Å². The van der Waals surface area contributed by atoms with E-state index in [9.17, 15) is 4.79 Å². The third kappa shape index (κ3) is 3.52. The summed E-state index contributed by atoms with van der Waals surface area (Å²) in [4.78, 5) is 16.8. The number of hydrogen-bond donors (Lipinski definition) is 1. The standard InChI is InChI=1S/C19H23N3O3/c1-12-10-15-11-14(6-7-16(15)24-12)18(23)20-9-8-17-21-19(25-22-17)13-4-2-3-5-13/h6-7,11-13H,2-5,8-10H2,1H3,(H,20,23)/t12-/m1/s1. The molecule has 1 aliphatic heterocycles. The zero-order valence-corrected chi connectivity index (χ0v) is 14.5. The van der Waals surface area contributed by atoms with E-state index in [4.69, 9.17) is 9.26 Å². The number of carbonyl (C=O) groups is 1. The predicted octanol–water partition coefficient (Wildman–Crippen LogP) is 3.02. The summed E-state index contributed by atoms with van der Waals surface area (Å²) in [7, 11) is 0. The second kappa shape index (κ2) is 6.86. The topological polar surface area (TPSA) is 77.3 Å². The number of benzene rings is 1. The Hall–Kier alpha value is -2.37. The van der Waals surface area contributed by atoms with Crippen LogP contribution >= 0.6 is 0 Å². The van der Waals surface area contributed by atoms with Crippen LogP contribution in [0, 0.1) is 0 Å². The van der Waals surface area contributed by atoms with Crippen molar-refractivity contribution in [3.8, 4) is 5.75 Å². The molecule has 25 heavy (non-hydrogen) atoms. The first-order valence-corrected chi connectivity index (χ1v) is 9.09. The fraction of sp³-hybridized carbons (Fsp3) is 0.526. The molecule has 0 radical (unpaired) electrons. The van der Waals surface area contributed by atoms with E-state index in [-0.39, 0.29) is 12.0 Å². The second-order valence-corrected chi connectivity index (χ2v) is 6.99. The molecule has 4 rings (SSSR count). The van der Waals surface area contributed by atoms with Gasteiger partial charge >= 0.3 is 0 Å². The van der Waals surface area contributed by atoms with Gasteiger partial charge in [-0.1, -0.05) is 18.0 Å². The lowest BCUT2D eigenvalue weighted by molar-refractivity contribution is 0.0954. The van der Waals surface area contributed by atoms with Gasteiger partial charge in [-0.05, 0) is 43.5 Å². The zero-order chi connectivity index (χ0) is 17.2. The van der Waals surface area contributed by atoms with Gasteiger partial charge in [0.05, 0.1) is 0 Å². The van der Waals surface area contributed by atoms with Gasteiger partial charge in [-0.15, -0.1) is 0 Å². The minimum absolute atomic E-state index is 0.0816. The molecule has 0 spiro atoms. The summed E-state index contributed by atoms with van der Waals surface area (Å²) in [6.45, 7) is 2.52. The lowest BCUT2D eigenvalue weighted by Gasteiger charge is -2.05. The third-order valence-corrected chi connectivity index (χ3v) is 4.98. The van der Waals surface area contributed by atoms with E-state index in [0.717, 1.165) is 36.5 Å². The summed E-state index contributed by atoms with van der Waals surface area (Å²) in [6.07, 6.45) is 6.36. The van der Waals surface area contributed by atoms with Gasteiger partial charge in [-0.3, -0.25) is 4.79 Å². The van der Waals surface area contributed by atoms with E-state index < -0.39 is 0 Å². The average Bonchev–Trinajstić information content (AvgIpc) is 3.33. The normalized spacial score (nSPS) is 19.6. The summed E-state index contributed by atoms with van der Waals surface area (Å²) < 4.78 is 11.0. The molecule has 6 heteroatoms. The molecule has 2 aromatic rings. The number of fused-ring (bicyclic) bond motifs is 1. The Morgan fingerprint density at radius 1 is 1.32 bits per heavy atom. The Kier molecular flexibility index (Phi) is 4.42. The van der Waals surface area contributed by atoms with Crippen molar-refractivity contribution in [1.82, 2.24) is 15.5 Å². The number of hydrogen-bond acceptors (Lipinski definition) is 5. The second-order valence-electron chi connectivity index (χ2n) is 6.99. The molecule has 1 amide bonds. The number of aromatic nitrogens is 2. The minimum atomic E-state index is -0.0816. The maximum absolute atomic E-state index is 12.3. The molecule has 0 saturated heterocycles. The van der Waals surface area contributed by atoms with Crippen LogP contribution in [0.15, 0.2) is 22.7 Å². The number of nitrogens with one attached hydrogen (secondary N) is 1. The zero-order valence-electron chi connectivity index (χ0n) is 14.5. The highest BCUT2D eigenvalue weighted by molar-refractivity contribution is 5.94. The summed E-state index contributed by atoms with van der Waals surface area (Å²) in [5.41, 5.74) is 1.76. The van der Waals surface area contributed by atoms with Crippen LogP contribution in [0.25, 0.3) is 0 Å². The fourth-order valence-corrected chi connectivity index (χ4v) is 3.66. The van der Waals surface area contributed by atoms with Crippen LogP contribution in [-0.2, 0) is 12.8 Å². The van der Waals surface area contributed by atoms with Crippen LogP contribution in [-0.4, -0.2) is 28.7 Å². The van der Waals surface area contributed by atoms with Gasteiger partial charge in [0.25, 0.3) is 5.91 Å². The van der Waals surface area contributed by atoms with Crippen LogP contribution in [0.5, 0.6) is 5.75 Å². The van der Waals surface area contributed by atoms with E-state index in [0.29, 0.717) is 30.3 Å². The monoisotopic (exact) mass is 341 g/mol. The molecule has 2 heterocycles. The number of carbonyl (C=O) groups excluding carboxylic acids is 1. The van der Waals surface area contributed by atoms with Gasteiger partial charge in [0, 0.05) is 30.9 Å². The van der Waals surface area contributed by atoms with E-state index >= 15 is 0 Å². The SMILES string of the molecule is C[C@@H]1Cc2cc(C(=O)NCCc3noc(C4CCCC4)n3)ccc2O1. The van der Waals surface area contributed by atoms with Crippen LogP contribution < -0.4 is 10.1 Å². The quantitative estimate of drug-likeness (QED) is 0.904. The molecule has 132 valence electrons. The molecule has 0 unspecified atom stereocenters. The van der Waals surface area contributed by atoms with Gasteiger partial charge < -0.3 is 14.6 Å². The highest BCUT2D eigenvalue weighted by Crippen LogP contribution is 2.33. The summed E-state index contributed by atoms with van der Waals surface area (Å²) in [5, 5.41) is 6.96. The molecule has 1 atom stereocenters. The van der Waals surface area contributed by atoms with E-state index in [2.05, 4.69) is 15.5 Å². The number of amides is 1. The number of rotatable bonds is 5. The van der Waals surface area contributed by atoms with Crippen LogP contribution in [0.1, 0.15) is 66.2 Å². The van der Waals surface area contributed by atoms with Crippen molar-refractivity contribution in [2.75, 3.05) is 6.54 Å². The first kappa shape index (κ1) is 16.1. The average molecular weight is 341 g/mol. The Bertz CT molecular complexity index is 765. The van der Waals surface area contributed by atoms with Crippen molar-refractivity contribution in [3.63, 3.8) is 0 Å². The number of ether oxygens (including phenoxy) is 1. The summed E-state index contributed by atoms with van der Waals surface area (Å²) in [6, 6.07) is 5.60. The molecule has 1 aromatic heterocycles. The molecule has 1 fully saturated rings. The highest BCUT2D eigenvalue weighted by Gasteiger charge is 2.23. The Morgan fingerprint density at radius 3 is 3.00 bits per heavy atom. The van der Waals surface area contributed by atoms with Crippen molar-refractivity contribution < 1.29 is 14.1 Å². The first-order valence-electron chi connectivity index (χ1n) is 9.09. The molecule has 1 saturated carbocycles. The van der Waals surface area contributed by atoms with E-state index in [1.165, 1.54) is 12.8 Å². The van der Waals surface area contributed by atoms with Crippen molar-refractivity contribution in [3.05, 3.63) is 41.0 Å². The first-order chi connectivity index (χ1) is 12.2. The lowest BCUT2D eigenvalue weighted by atomic mass is 10.1. The van der Waals surface area contributed by atoms with Crippen LogP contribution in [0.2, 0.25) is 0 Å². The van der Waals surface area contributed by atoms with Crippen molar-refractivity contribution >= 4 is 5.91 Å². The molecular formula is C19H23N3O3. The molecule has 1 aromatic carbocycles. The smallest absolute Gasteiger partial charge is 0.251 e. The van der Waals surface area contributed by atoms with Gasteiger partial charge in [0.15, 0.2) is 5.82 Å². The maximum atomic E-state index is 12.3. The Morgan fingerprint density at radius 2 is 2.16 bits per heavy atom. The molecular weight excluding hydrogens is 318 g/mol. The summed E-state index contributed by atoms with van der Waals surface area (Å²) in [5.74, 6) is 2.65. The predicted molar refractivity (Wildman–Crippen MR) is 91.8 cm³/mol. The molecule has 0 bridgehead atoms. The van der Waals surface area contributed by atoms with Gasteiger partial charge in [0.1, 0.15) is 11.9 Å². The lowest BCUT2D eigenvalue weighted by Crippen LogP contribution is -2.26. The largest absolute Gasteiger partial charge is 0.490 e. The van der Waals surface area contributed by atoms with E-state index in [1.807, 2.05) is 19.1 Å². The van der Waals surface area contributed by atoms with Gasteiger partial charge in [-0.25, -0.2) is 0 Å². The molecule has 6 nitrogen and oxygen atoms in total. The summed E-state index contributed by atoms with van der Waals surface area (Å²) >= 11 is 0. The highest BCUT2D eigenvalue weighted by atomic mass is 16.5. The molecule has 2 aliphatic rings. The van der Waals surface area contributed by atoms with Crippen LogP contribution in [0.4, 0.5) is 0 Å². The van der Waals surface area contributed by atoms with Crippen molar-refractivity contribution in [1.29, 1.82) is 0 Å². The van der Waals surface area contributed by atoms with Crippen molar-refractivity contribution in [2.45, 2.75) is 57.5 Å². The number of nitrogens with zero attached hydrogens (tertiary/aromatic N) is 2. The third-order valence-electron chi connectivity index (χ3n) is 4.98. The van der Waals surface area contributed by atoms with Gasteiger partial charge in [-0.2, -0.15) is 4.98 Å². The minimum Gasteiger partial charge on any atom is -0.490 e. The maximum Gasteiger partial charge on any atom is 0.251 e. The fourth-order valence-electron chi connectivity index (χ4n) is 3.66. The molecule has 1 N–H and O–H groups in total. The van der Waals surface area contributed by atoms with Gasteiger partial charge in [0.2, 0.25) is 5.89 Å². The van der Waals surface area contributed by atoms with Crippen LogP contribution in [0.3, 0.4) is 0 Å².